The first-order valence-corrected chi connectivity index (χ1v) is 23.7. The fraction of sp³-hybridized carbons (Fsp3) is 0.857. The number of carbonyl (C=O) groups excluding carboxylic acids is 1. The number of amides is 1. The Bertz CT molecular complexity index is 806. The van der Waals surface area contributed by atoms with Gasteiger partial charge in [0.15, 0.2) is 0 Å². The molecule has 0 aliphatic carbocycles. The number of nitrogens with one attached hydrogen (secondary N) is 1. The van der Waals surface area contributed by atoms with E-state index in [1.54, 1.807) is 6.08 Å². The van der Waals surface area contributed by atoms with Crippen molar-refractivity contribution in [2.75, 3.05) is 6.61 Å². The normalized spacial score (nSPS) is 13.2. The average Bonchev–Trinajstić information content (AvgIpc) is 3.16. The molecule has 0 radical (unpaired) electrons. The van der Waals surface area contributed by atoms with Crippen LogP contribution < -0.4 is 5.32 Å². The molecular formula is C49H93NO3. The van der Waals surface area contributed by atoms with Crippen molar-refractivity contribution in [2.24, 2.45) is 0 Å². The Balaban J connectivity index is 3.49. The van der Waals surface area contributed by atoms with Gasteiger partial charge in [-0.15, -0.1) is 0 Å². The minimum Gasteiger partial charge on any atom is -0.394 e. The molecule has 0 rings (SSSR count). The van der Waals surface area contributed by atoms with Crippen molar-refractivity contribution in [3.8, 4) is 0 Å². The van der Waals surface area contributed by atoms with Crippen LogP contribution in [0.25, 0.3) is 0 Å². The van der Waals surface area contributed by atoms with E-state index in [0.717, 1.165) is 38.5 Å². The number of rotatable bonds is 43. The third-order valence-electron chi connectivity index (χ3n) is 10.9. The van der Waals surface area contributed by atoms with Crippen LogP contribution in [0.4, 0.5) is 0 Å². The maximum absolute atomic E-state index is 12.4. The van der Waals surface area contributed by atoms with E-state index >= 15 is 0 Å². The van der Waals surface area contributed by atoms with Crippen LogP contribution in [-0.2, 0) is 4.79 Å². The van der Waals surface area contributed by atoms with Gasteiger partial charge >= 0.3 is 0 Å². The van der Waals surface area contributed by atoms with Crippen LogP contribution in [0, 0.1) is 0 Å². The van der Waals surface area contributed by atoms with Crippen molar-refractivity contribution < 1.29 is 15.0 Å². The third kappa shape index (κ3) is 41.6. The molecule has 0 spiro atoms. The Morgan fingerprint density at radius 1 is 0.434 bits per heavy atom. The van der Waals surface area contributed by atoms with Crippen LogP contribution in [0.15, 0.2) is 36.5 Å². The summed E-state index contributed by atoms with van der Waals surface area (Å²) in [5.74, 6) is -0.0750. The van der Waals surface area contributed by atoms with Gasteiger partial charge in [-0.25, -0.2) is 0 Å². The molecule has 53 heavy (non-hydrogen) atoms. The smallest absolute Gasteiger partial charge is 0.220 e. The van der Waals surface area contributed by atoms with Crippen molar-refractivity contribution in [2.45, 2.75) is 264 Å². The number of unbranched alkanes of at least 4 members (excludes halogenated alkanes) is 32. The molecule has 2 unspecified atom stereocenters. The monoisotopic (exact) mass is 744 g/mol. The Morgan fingerprint density at radius 3 is 1.09 bits per heavy atom. The predicted molar refractivity (Wildman–Crippen MR) is 235 cm³/mol. The molecule has 4 heteroatoms. The van der Waals surface area contributed by atoms with E-state index in [1.165, 1.54) is 193 Å². The van der Waals surface area contributed by atoms with E-state index in [1.807, 2.05) is 6.08 Å². The Kier molecular flexibility index (Phi) is 43.8. The highest BCUT2D eigenvalue weighted by Gasteiger charge is 2.17. The molecule has 0 saturated carbocycles. The second-order valence-corrected chi connectivity index (χ2v) is 16.2. The van der Waals surface area contributed by atoms with Gasteiger partial charge in [0.05, 0.1) is 18.8 Å². The van der Waals surface area contributed by atoms with Crippen LogP contribution in [0.3, 0.4) is 0 Å². The van der Waals surface area contributed by atoms with E-state index in [2.05, 4.69) is 43.5 Å². The highest BCUT2D eigenvalue weighted by atomic mass is 16.3. The number of hydrogen-bond acceptors (Lipinski definition) is 3. The molecule has 0 heterocycles. The molecule has 2 atom stereocenters. The fourth-order valence-electron chi connectivity index (χ4n) is 7.21. The average molecular weight is 744 g/mol. The first-order valence-electron chi connectivity index (χ1n) is 23.7. The lowest BCUT2D eigenvalue weighted by Gasteiger charge is -2.19. The van der Waals surface area contributed by atoms with Crippen molar-refractivity contribution in [3.63, 3.8) is 0 Å². The largest absolute Gasteiger partial charge is 0.394 e. The van der Waals surface area contributed by atoms with Gasteiger partial charge in [0, 0.05) is 6.42 Å². The summed E-state index contributed by atoms with van der Waals surface area (Å²) in [7, 11) is 0. The van der Waals surface area contributed by atoms with Crippen molar-refractivity contribution in [1.29, 1.82) is 0 Å². The van der Waals surface area contributed by atoms with Crippen molar-refractivity contribution in [3.05, 3.63) is 36.5 Å². The predicted octanol–water partition coefficient (Wildman–Crippen LogP) is 15.0. The molecule has 0 fully saturated rings. The SMILES string of the molecule is CCCCCC/C=C/CC/C=C/CC/C=C/C(O)C(CO)NC(=O)CCCCCCCCCCCCCCCCCCCCCCCCCCCCC. The highest BCUT2D eigenvalue weighted by molar-refractivity contribution is 5.76. The first kappa shape index (κ1) is 51.6. The number of aliphatic hydroxyl groups is 2. The van der Waals surface area contributed by atoms with Gasteiger partial charge in [-0.3, -0.25) is 4.79 Å². The Hall–Kier alpha value is -1.39. The number of aliphatic hydroxyl groups excluding tert-OH is 2. The van der Waals surface area contributed by atoms with Gasteiger partial charge < -0.3 is 15.5 Å². The van der Waals surface area contributed by atoms with Gasteiger partial charge in [-0.1, -0.05) is 237 Å². The molecule has 0 aromatic heterocycles. The lowest BCUT2D eigenvalue weighted by molar-refractivity contribution is -0.123. The molecule has 0 aliphatic rings. The minimum absolute atomic E-state index is 0.0750. The van der Waals surface area contributed by atoms with Crippen LogP contribution in [0.1, 0.15) is 251 Å². The van der Waals surface area contributed by atoms with E-state index in [4.69, 9.17) is 0 Å². The van der Waals surface area contributed by atoms with E-state index in [-0.39, 0.29) is 12.5 Å². The summed E-state index contributed by atoms with van der Waals surface area (Å²) in [5.41, 5.74) is 0. The van der Waals surface area contributed by atoms with Gasteiger partial charge in [0.2, 0.25) is 5.91 Å². The summed E-state index contributed by atoms with van der Waals surface area (Å²) >= 11 is 0. The van der Waals surface area contributed by atoms with Crippen LogP contribution in [0.2, 0.25) is 0 Å². The molecule has 1 amide bonds. The zero-order valence-corrected chi connectivity index (χ0v) is 35.8. The second-order valence-electron chi connectivity index (χ2n) is 16.2. The maximum atomic E-state index is 12.4. The van der Waals surface area contributed by atoms with E-state index < -0.39 is 12.1 Å². The summed E-state index contributed by atoms with van der Waals surface area (Å²) in [5, 5.41) is 23.0. The Morgan fingerprint density at radius 2 is 0.736 bits per heavy atom. The topological polar surface area (TPSA) is 69.6 Å². The van der Waals surface area contributed by atoms with E-state index in [9.17, 15) is 15.0 Å². The first-order chi connectivity index (χ1) is 26.2. The van der Waals surface area contributed by atoms with Crippen LogP contribution >= 0.6 is 0 Å². The minimum atomic E-state index is -0.866. The fourth-order valence-corrected chi connectivity index (χ4v) is 7.21. The summed E-state index contributed by atoms with van der Waals surface area (Å²) in [6, 6.07) is -0.642. The zero-order valence-electron chi connectivity index (χ0n) is 35.8. The summed E-state index contributed by atoms with van der Waals surface area (Å²) in [4.78, 5) is 12.4. The molecule has 0 aromatic carbocycles. The zero-order chi connectivity index (χ0) is 38.6. The summed E-state index contributed by atoms with van der Waals surface area (Å²) in [6.45, 7) is 4.28. The van der Waals surface area contributed by atoms with Gasteiger partial charge in [0.25, 0.3) is 0 Å². The molecule has 0 bridgehead atoms. The lowest BCUT2D eigenvalue weighted by Crippen LogP contribution is -2.45. The summed E-state index contributed by atoms with van der Waals surface area (Å²) in [6.07, 6.45) is 59.9. The maximum Gasteiger partial charge on any atom is 0.220 e. The number of allylic oxidation sites excluding steroid dienone is 5. The van der Waals surface area contributed by atoms with Crippen LogP contribution in [0.5, 0.6) is 0 Å². The molecule has 3 N–H and O–H groups in total. The van der Waals surface area contributed by atoms with Gasteiger partial charge in [-0.2, -0.15) is 0 Å². The molecule has 0 aromatic rings. The molecule has 0 aliphatic heterocycles. The second kappa shape index (κ2) is 45.0. The number of carbonyl (C=O) groups is 1. The third-order valence-corrected chi connectivity index (χ3v) is 10.9. The van der Waals surface area contributed by atoms with Crippen molar-refractivity contribution in [1.82, 2.24) is 5.32 Å². The number of hydrogen-bond donors (Lipinski definition) is 3. The van der Waals surface area contributed by atoms with Crippen molar-refractivity contribution >= 4 is 5.91 Å². The van der Waals surface area contributed by atoms with Crippen LogP contribution in [-0.4, -0.2) is 34.9 Å². The Labute approximate surface area is 331 Å². The van der Waals surface area contributed by atoms with Gasteiger partial charge in [-0.05, 0) is 44.9 Å². The molecule has 0 saturated heterocycles. The standard InChI is InChI=1S/C49H93NO3/c1-3-5-7-9-11-13-15-17-19-20-21-22-23-24-25-26-27-28-29-30-31-33-35-37-39-41-43-45-49(53)50-47(46-51)48(52)44-42-40-38-36-34-32-18-16-14-12-10-8-6-4-2/h14,16,34,36,42,44,47-48,51-52H,3-13,15,17-33,35,37-41,43,45-46H2,1-2H3,(H,50,53)/b16-14+,36-34+,44-42+. The molecular weight excluding hydrogens is 651 g/mol. The highest BCUT2D eigenvalue weighted by Crippen LogP contribution is 2.16. The molecule has 312 valence electrons. The molecule has 4 nitrogen and oxygen atoms in total. The van der Waals surface area contributed by atoms with Gasteiger partial charge in [0.1, 0.15) is 0 Å². The van der Waals surface area contributed by atoms with E-state index in [0.29, 0.717) is 6.42 Å². The quantitative estimate of drug-likeness (QED) is 0.0430. The lowest BCUT2D eigenvalue weighted by atomic mass is 10.0. The summed E-state index contributed by atoms with van der Waals surface area (Å²) < 4.78 is 0.